The van der Waals surface area contributed by atoms with Crippen LogP contribution in [0.15, 0.2) is 71.8 Å². The van der Waals surface area contributed by atoms with Crippen LogP contribution >= 0.6 is 11.6 Å². The fourth-order valence-electron chi connectivity index (χ4n) is 2.62. The smallest absolute Gasteiger partial charge is 0.343 e. The molecule has 0 spiro atoms. The van der Waals surface area contributed by atoms with Gasteiger partial charge in [-0.2, -0.15) is 5.10 Å². The summed E-state index contributed by atoms with van der Waals surface area (Å²) in [4.78, 5) is 24.5. The van der Waals surface area contributed by atoms with Crippen molar-refractivity contribution in [3.63, 3.8) is 0 Å². The lowest BCUT2D eigenvalue weighted by Gasteiger charge is -2.08. The van der Waals surface area contributed by atoms with Gasteiger partial charge in [-0.1, -0.05) is 23.7 Å². The second-order valence-corrected chi connectivity index (χ2v) is 6.67. The summed E-state index contributed by atoms with van der Waals surface area (Å²) in [5.41, 5.74) is 3.82. The minimum Gasteiger partial charge on any atom is -0.493 e. The van der Waals surface area contributed by atoms with Gasteiger partial charge in [-0.05, 0) is 60.2 Å². The van der Waals surface area contributed by atoms with Crippen LogP contribution in [0, 0.1) is 0 Å². The molecular weight excluding hydrogens is 420 g/mol. The maximum atomic E-state index is 12.3. The van der Waals surface area contributed by atoms with Gasteiger partial charge in [0.2, 0.25) is 0 Å². The zero-order chi connectivity index (χ0) is 22.2. The van der Waals surface area contributed by atoms with Crippen LogP contribution in [0.2, 0.25) is 5.02 Å². The van der Waals surface area contributed by atoms with E-state index in [2.05, 4.69) is 10.5 Å². The lowest BCUT2D eigenvalue weighted by molar-refractivity contribution is 0.0734. The first-order valence-corrected chi connectivity index (χ1v) is 9.51. The van der Waals surface area contributed by atoms with E-state index in [1.807, 2.05) is 0 Å². The summed E-state index contributed by atoms with van der Waals surface area (Å²) in [6.07, 6.45) is 1.44. The molecule has 1 amide bonds. The van der Waals surface area contributed by atoms with E-state index in [1.54, 1.807) is 66.7 Å². The summed E-state index contributed by atoms with van der Waals surface area (Å²) in [7, 11) is 3.01. The third-order valence-electron chi connectivity index (χ3n) is 4.17. The number of amides is 1. The minimum atomic E-state index is -0.507. The maximum absolute atomic E-state index is 12.3. The lowest BCUT2D eigenvalue weighted by atomic mass is 10.2. The molecule has 0 saturated carbocycles. The second kappa shape index (κ2) is 10.3. The number of esters is 1. The molecule has 7 nitrogen and oxygen atoms in total. The Morgan fingerprint density at radius 2 is 1.61 bits per heavy atom. The van der Waals surface area contributed by atoms with Crippen molar-refractivity contribution < 1.29 is 23.8 Å². The Bertz CT molecular complexity index is 1110. The molecule has 0 heterocycles. The zero-order valence-corrected chi connectivity index (χ0v) is 17.6. The number of benzene rings is 3. The average Bonchev–Trinajstić information content (AvgIpc) is 2.79. The molecule has 3 rings (SSSR count). The number of hydrogen-bond donors (Lipinski definition) is 1. The van der Waals surface area contributed by atoms with Crippen LogP contribution in [0.25, 0.3) is 0 Å². The first-order chi connectivity index (χ1) is 15.0. The molecular formula is C23H19ClN2O5. The van der Waals surface area contributed by atoms with E-state index in [1.165, 1.54) is 20.4 Å². The second-order valence-electron chi connectivity index (χ2n) is 6.24. The molecule has 0 aromatic heterocycles. The Hall–Kier alpha value is -3.84. The highest BCUT2D eigenvalue weighted by molar-refractivity contribution is 6.30. The Kier molecular flexibility index (Phi) is 7.24. The first kappa shape index (κ1) is 21.9. The monoisotopic (exact) mass is 438 g/mol. The number of nitrogens with one attached hydrogen (secondary N) is 1. The summed E-state index contributed by atoms with van der Waals surface area (Å²) < 4.78 is 15.7. The number of rotatable bonds is 7. The van der Waals surface area contributed by atoms with Gasteiger partial charge >= 0.3 is 5.97 Å². The summed E-state index contributed by atoms with van der Waals surface area (Å²) >= 11 is 5.83. The summed E-state index contributed by atoms with van der Waals surface area (Å²) in [5.74, 6) is 0.381. The number of hydrogen-bond acceptors (Lipinski definition) is 6. The molecule has 158 valence electrons. The van der Waals surface area contributed by atoms with Gasteiger partial charge in [-0.25, -0.2) is 10.2 Å². The molecule has 0 atom stereocenters. The Labute approximate surface area is 184 Å². The molecule has 3 aromatic carbocycles. The van der Waals surface area contributed by atoms with Crippen LogP contribution in [-0.4, -0.2) is 32.3 Å². The zero-order valence-electron chi connectivity index (χ0n) is 16.8. The summed E-state index contributed by atoms with van der Waals surface area (Å²) in [6.45, 7) is 0. The van der Waals surface area contributed by atoms with E-state index in [9.17, 15) is 9.59 Å². The highest BCUT2D eigenvalue weighted by Crippen LogP contribution is 2.27. The van der Waals surface area contributed by atoms with Crippen LogP contribution in [0.4, 0.5) is 0 Å². The van der Waals surface area contributed by atoms with Gasteiger partial charge in [0, 0.05) is 10.6 Å². The molecule has 0 unspecified atom stereocenters. The van der Waals surface area contributed by atoms with E-state index >= 15 is 0 Å². The highest BCUT2D eigenvalue weighted by atomic mass is 35.5. The van der Waals surface area contributed by atoms with E-state index in [4.69, 9.17) is 25.8 Å². The van der Waals surface area contributed by atoms with Crippen molar-refractivity contribution in [3.05, 3.63) is 88.4 Å². The van der Waals surface area contributed by atoms with Crippen molar-refractivity contribution in [1.82, 2.24) is 5.43 Å². The maximum Gasteiger partial charge on any atom is 0.343 e. The van der Waals surface area contributed by atoms with Gasteiger partial charge in [0.25, 0.3) is 5.91 Å². The minimum absolute atomic E-state index is 0.343. The molecule has 3 aromatic rings. The molecule has 0 radical (unpaired) electrons. The van der Waals surface area contributed by atoms with Crippen molar-refractivity contribution in [2.45, 2.75) is 0 Å². The van der Waals surface area contributed by atoms with E-state index < -0.39 is 11.9 Å². The average molecular weight is 439 g/mol. The molecule has 0 aliphatic heterocycles. The molecule has 0 aliphatic rings. The van der Waals surface area contributed by atoms with Crippen LogP contribution in [0.3, 0.4) is 0 Å². The van der Waals surface area contributed by atoms with Crippen molar-refractivity contribution in [2.75, 3.05) is 14.2 Å². The Morgan fingerprint density at radius 3 is 2.32 bits per heavy atom. The first-order valence-electron chi connectivity index (χ1n) is 9.13. The SMILES string of the molecule is COc1ccc(C(=O)N/N=C/c2cccc(OC(=O)c3ccc(Cl)cc3)c2)cc1OC. The molecule has 0 bridgehead atoms. The molecule has 8 heteroatoms. The summed E-state index contributed by atoms with van der Waals surface area (Å²) in [6, 6.07) is 17.9. The molecule has 0 aliphatic carbocycles. The molecule has 0 fully saturated rings. The predicted molar refractivity (Wildman–Crippen MR) is 117 cm³/mol. The fourth-order valence-corrected chi connectivity index (χ4v) is 2.74. The number of ether oxygens (including phenoxy) is 3. The topological polar surface area (TPSA) is 86.2 Å². The van der Waals surface area contributed by atoms with Gasteiger partial charge in [-0.3, -0.25) is 4.79 Å². The van der Waals surface area contributed by atoms with Gasteiger partial charge < -0.3 is 14.2 Å². The van der Waals surface area contributed by atoms with Gasteiger partial charge in [0.1, 0.15) is 5.75 Å². The predicted octanol–water partition coefficient (Wildman–Crippen LogP) is 4.34. The van der Waals surface area contributed by atoms with Crippen LogP contribution < -0.4 is 19.6 Å². The molecule has 1 N–H and O–H groups in total. The van der Waals surface area contributed by atoms with E-state index in [0.29, 0.717) is 39.0 Å². The highest BCUT2D eigenvalue weighted by Gasteiger charge is 2.10. The Morgan fingerprint density at radius 1 is 0.903 bits per heavy atom. The largest absolute Gasteiger partial charge is 0.493 e. The van der Waals surface area contributed by atoms with Crippen molar-refractivity contribution >= 4 is 29.7 Å². The number of hydrazone groups is 1. The Balaban J connectivity index is 1.63. The van der Waals surface area contributed by atoms with E-state index in [-0.39, 0.29) is 0 Å². The van der Waals surface area contributed by atoms with Crippen LogP contribution in [0.5, 0.6) is 17.2 Å². The number of carbonyl (C=O) groups excluding carboxylic acids is 2. The van der Waals surface area contributed by atoms with Crippen LogP contribution in [0.1, 0.15) is 26.3 Å². The quantitative estimate of drug-likeness (QED) is 0.256. The van der Waals surface area contributed by atoms with Gasteiger partial charge in [-0.15, -0.1) is 0 Å². The van der Waals surface area contributed by atoms with E-state index in [0.717, 1.165) is 0 Å². The van der Waals surface area contributed by atoms with Crippen molar-refractivity contribution in [3.8, 4) is 17.2 Å². The number of halogens is 1. The lowest BCUT2D eigenvalue weighted by Crippen LogP contribution is -2.17. The molecule has 0 saturated heterocycles. The normalized spacial score (nSPS) is 10.5. The number of nitrogens with zero attached hydrogens (tertiary/aromatic N) is 1. The number of methoxy groups -OCH3 is 2. The molecule has 31 heavy (non-hydrogen) atoms. The summed E-state index contributed by atoms with van der Waals surface area (Å²) in [5, 5.41) is 4.48. The van der Waals surface area contributed by atoms with Gasteiger partial charge in [0.05, 0.1) is 26.0 Å². The third-order valence-corrected chi connectivity index (χ3v) is 4.43. The van der Waals surface area contributed by atoms with Crippen molar-refractivity contribution in [2.24, 2.45) is 5.10 Å². The van der Waals surface area contributed by atoms with Crippen molar-refractivity contribution in [1.29, 1.82) is 0 Å². The van der Waals surface area contributed by atoms with Gasteiger partial charge in [0.15, 0.2) is 11.5 Å². The number of carbonyl (C=O) groups is 2. The third kappa shape index (κ3) is 5.83. The fraction of sp³-hybridized carbons (Fsp3) is 0.0870. The van der Waals surface area contributed by atoms with Crippen LogP contribution in [-0.2, 0) is 0 Å². The standard InChI is InChI=1S/C23H19ClN2O5/c1-29-20-11-8-17(13-21(20)30-2)22(27)26-25-14-15-4-3-5-19(12-15)31-23(28)16-6-9-18(24)10-7-16/h3-14H,1-2H3,(H,26,27)/b25-14+.